The van der Waals surface area contributed by atoms with Gasteiger partial charge in [-0.3, -0.25) is 4.79 Å². The standard InChI is InChI=1S/C10H15N3O2/c1-7(13-8(2)14)4-9-5-11-10(15-3)12-6-9/h5-7H,4H2,1-3H3,(H,13,14). The predicted octanol–water partition coefficient (Wildman–Crippen LogP) is 0.552. The molecule has 1 atom stereocenters. The molecule has 1 rings (SSSR count). The molecular formula is C10H15N3O2. The molecule has 0 saturated heterocycles. The lowest BCUT2D eigenvalue weighted by Gasteiger charge is -2.11. The zero-order valence-electron chi connectivity index (χ0n) is 9.15. The third-order valence-electron chi connectivity index (χ3n) is 1.86. The second-order valence-corrected chi connectivity index (χ2v) is 3.38. The Hall–Kier alpha value is -1.65. The van der Waals surface area contributed by atoms with Crippen molar-refractivity contribution in [3.8, 4) is 6.01 Å². The number of nitrogens with one attached hydrogen (secondary N) is 1. The van der Waals surface area contributed by atoms with Gasteiger partial charge in [-0.05, 0) is 18.9 Å². The first-order valence-electron chi connectivity index (χ1n) is 4.74. The van der Waals surface area contributed by atoms with Crippen molar-refractivity contribution >= 4 is 5.91 Å². The lowest BCUT2D eigenvalue weighted by molar-refractivity contribution is -0.119. The molecule has 1 heterocycles. The summed E-state index contributed by atoms with van der Waals surface area (Å²) in [5.41, 5.74) is 0.969. The van der Waals surface area contributed by atoms with E-state index in [2.05, 4.69) is 15.3 Å². The van der Waals surface area contributed by atoms with E-state index in [-0.39, 0.29) is 11.9 Å². The van der Waals surface area contributed by atoms with Crippen LogP contribution in [0, 0.1) is 0 Å². The Bertz CT molecular complexity index is 324. The summed E-state index contributed by atoms with van der Waals surface area (Å²) in [5, 5.41) is 2.79. The Labute approximate surface area is 88.9 Å². The van der Waals surface area contributed by atoms with Crippen LogP contribution in [0.1, 0.15) is 19.4 Å². The summed E-state index contributed by atoms with van der Waals surface area (Å²) in [7, 11) is 1.52. The van der Waals surface area contributed by atoms with Crippen molar-refractivity contribution in [2.24, 2.45) is 0 Å². The van der Waals surface area contributed by atoms with E-state index in [1.54, 1.807) is 12.4 Å². The van der Waals surface area contributed by atoms with Crippen LogP contribution in [0.5, 0.6) is 6.01 Å². The fourth-order valence-corrected chi connectivity index (χ4v) is 1.31. The number of hydrogen-bond acceptors (Lipinski definition) is 4. The second kappa shape index (κ2) is 5.29. The summed E-state index contributed by atoms with van der Waals surface area (Å²) in [5.74, 6) is -0.0306. The number of amides is 1. The lowest BCUT2D eigenvalue weighted by atomic mass is 10.1. The van der Waals surface area contributed by atoms with E-state index in [1.807, 2.05) is 6.92 Å². The molecular weight excluding hydrogens is 194 g/mol. The van der Waals surface area contributed by atoms with Crippen LogP contribution >= 0.6 is 0 Å². The highest BCUT2D eigenvalue weighted by molar-refractivity contribution is 5.73. The Morgan fingerprint density at radius 2 is 2.13 bits per heavy atom. The normalized spacial score (nSPS) is 11.9. The molecule has 0 saturated carbocycles. The van der Waals surface area contributed by atoms with Crippen molar-refractivity contribution in [2.75, 3.05) is 7.11 Å². The van der Waals surface area contributed by atoms with Gasteiger partial charge in [0.05, 0.1) is 7.11 Å². The average molecular weight is 209 g/mol. The zero-order chi connectivity index (χ0) is 11.3. The quantitative estimate of drug-likeness (QED) is 0.786. The monoisotopic (exact) mass is 209 g/mol. The molecule has 1 aromatic heterocycles. The number of ether oxygens (including phenoxy) is 1. The van der Waals surface area contributed by atoms with Crippen LogP contribution in [0.25, 0.3) is 0 Å². The molecule has 5 nitrogen and oxygen atoms in total. The first-order valence-corrected chi connectivity index (χ1v) is 4.74. The van der Waals surface area contributed by atoms with Gasteiger partial charge in [0, 0.05) is 25.4 Å². The van der Waals surface area contributed by atoms with Crippen molar-refractivity contribution in [2.45, 2.75) is 26.3 Å². The number of hydrogen-bond donors (Lipinski definition) is 1. The van der Waals surface area contributed by atoms with E-state index in [0.29, 0.717) is 12.4 Å². The molecule has 0 spiro atoms. The molecule has 0 fully saturated rings. The first-order chi connectivity index (χ1) is 7.11. The van der Waals surface area contributed by atoms with Gasteiger partial charge < -0.3 is 10.1 Å². The number of rotatable bonds is 4. The van der Waals surface area contributed by atoms with Gasteiger partial charge in [-0.2, -0.15) is 0 Å². The Kier molecular flexibility index (Phi) is 4.03. The van der Waals surface area contributed by atoms with Crippen LogP contribution in [-0.4, -0.2) is 29.0 Å². The molecule has 1 aromatic rings. The first kappa shape index (κ1) is 11.4. The van der Waals surface area contributed by atoms with Gasteiger partial charge in [0.1, 0.15) is 0 Å². The van der Waals surface area contributed by atoms with Gasteiger partial charge in [-0.25, -0.2) is 9.97 Å². The molecule has 1 N–H and O–H groups in total. The van der Waals surface area contributed by atoms with Gasteiger partial charge in [-0.1, -0.05) is 0 Å². The van der Waals surface area contributed by atoms with E-state index in [1.165, 1.54) is 14.0 Å². The predicted molar refractivity (Wildman–Crippen MR) is 55.6 cm³/mol. The highest BCUT2D eigenvalue weighted by Crippen LogP contribution is 2.04. The topological polar surface area (TPSA) is 64.1 Å². The Balaban J connectivity index is 2.53. The molecule has 15 heavy (non-hydrogen) atoms. The van der Waals surface area contributed by atoms with E-state index >= 15 is 0 Å². The molecule has 5 heteroatoms. The molecule has 82 valence electrons. The van der Waals surface area contributed by atoms with Crippen LogP contribution in [-0.2, 0) is 11.2 Å². The van der Waals surface area contributed by atoms with Gasteiger partial charge >= 0.3 is 6.01 Å². The maximum atomic E-state index is 10.8. The summed E-state index contributed by atoms with van der Waals surface area (Å²) >= 11 is 0. The van der Waals surface area contributed by atoms with Crippen molar-refractivity contribution in [3.63, 3.8) is 0 Å². The summed E-state index contributed by atoms with van der Waals surface area (Å²) in [6, 6.07) is 0.436. The fraction of sp³-hybridized carbons (Fsp3) is 0.500. The van der Waals surface area contributed by atoms with Gasteiger partial charge in [0.2, 0.25) is 5.91 Å². The number of carbonyl (C=O) groups is 1. The molecule has 0 aromatic carbocycles. The van der Waals surface area contributed by atoms with E-state index in [4.69, 9.17) is 4.74 Å². The molecule has 0 aliphatic carbocycles. The minimum Gasteiger partial charge on any atom is -0.467 e. The van der Waals surface area contributed by atoms with Crippen LogP contribution in [0.4, 0.5) is 0 Å². The molecule has 1 unspecified atom stereocenters. The molecule has 0 aliphatic heterocycles. The van der Waals surface area contributed by atoms with E-state index in [0.717, 1.165) is 5.56 Å². The molecule has 0 aliphatic rings. The van der Waals surface area contributed by atoms with Crippen molar-refractivity contribution in [3.05, 3.63) is 18.0 Å². The van der Waals surface area contributed by atoms with Gasteiger partial charge in [0.15, 0.2) is 0 Å². The van der Waals surface area contributed by atoms with E-state index in [9.17, 15) is 4.79 Å². The SMILES string of the molecule is COc1ncc(CC(C)NC(C)=O)cn1. The van der Waals surface area contributed by atoms with Crippen LogP contribution in [0.15, 0.2) is 12.4 Å². The maximum Gasteiger partial charge on any atom is 0.316 e. The second-order valence-electron chi connectivity index (χ2n) is 3.38. The number of nitrogens with zero attached hydrogens (tertiary/aromatic N) is 2. The minimum atomic E-state index is -0.0306. The van der Waals surface area contributed by atoms with Crippen LogP contribution in [0.2, 0.25) is 0 Å². The number of methoxy groups -OCH3 is 1. The largest absolute Gasteiger partial charge is 0.467 e. The molecule has 1 amide bonds. The molecule has 0 radical (unpaired) electrons. The van der Waals surface area contributed by atoms with Gasteiger partial charge in [0.25, 0.3) is 0 Å². The van der Waals surface area contributed by atoms with Crippen LogP contribution in [0.3, 0.4) is 0 Å². The number of carbonyl (C=O) groups excluding carboxylic acids is 1. The summed E-state index contributed by atoms with van der Waals surface area (Å²) in [6.45, 7) is 3.44. The molecule has 0 bridgehead atoms. The van der Waals surface area contributed by atoms with Crippen molar-refractivity contribution in [1.29, 1.82) is 0 Å². The van der Waals surface area contributed by atoms with E-state index < -0.39 is 0 Å². The third-order valence-corrected chi connectivity index (χ3v) is 1.86. The Morgan fingerprint density at radius 3 is 2.60 bits per heavy atom. The van der Waals surface area contributed by atoms with Gasteiger partial charge in [-0.15, -0.1) is 0 Å². The summed E-state index contributed by atoms with van der Waals surface area (Å²) < 4.78 is 4.85. The zero-order valence-corrected chi connectivity index (χ0v) is 9.15. The summed E-state index contributed by atoms with van der Waals surface area (Å²) in [6.07, 6.45) is 4.11. The van der Waals surface area contributed by atoms with Crippen molar-refractivity contribution < 1.29 is 9.53 Å². The Morgan fingerprint density at radius 1 is 1.53 bits per heavy atom. The highest BCUT2D eigenvalue weighted by Gasteiger charge is 2.05. The number of aromatic nitrogens is 2. The summed E-state index contributed by atoms with van der Waals surface area (Å²) in [4.78, 5) is 18.7. The van der Waals surface area contributed by atoms with Crippen molar-refractivity contribution in [1.82, 2.24) is 15.3 Å². The lowest BCUT2D eigenvalue weighted by Crippen LogP contribution is -2.32. The fourth-order valence-electron chi connectivity index (χ4n) is 1.31. The average Bonchev–Trinajstić information content (AvgIpc) is 2.17. The smallest absolute Gasteiger partial charge is 0.316 e. The van der Waals surface area contributed by atoms with Crippen LogP contribution < -0.4 is 10.1 Å². The highest BCUT2D eigenvalue weighted by atomic mass is 16.5. The third kappa shape index (κ3) is 3.93. The maximum absolute atomic E-state index is 10.8. The minimum absolute atomic E-state index is 0.0306.